The molecule has 3 aliphatic carbocycles. The molecule has 2 aromatic heterocycles. The van der Waals surface area contributed by atoms with Crippen LogP contribution in [0.5, 0.6) is 0 Å². The molecule has 186 valence electrons. The van der Waals surface area contributed by atoms with Crippen molar-refractivity contribution in [2.24, 2.45) is 0 Å². The number of anilines is 1. The van der Waals surface area contributed by atoms with Gasteiger partial charge in [-0.3, -0.25) is 9.58 Å². The summed E-state index contributed by atoms with van der Waals surface area (Å²) in [6.07, 6.45) is 8.52. The number of methoxy groups -OCH3 is 1. The Hall–Kier alpha value is -2.17. The van der Waals surface area contributed by atoms with Gasteiger partial charge in [-0.05, 0) is 19.1 Å². The number of ether oxygens (including phenoxy) is 2. The molecule has 1 aromatic carbocycles. The molecule has 2 aliphatic heterocycles. The highest BCUT2D eigenvalue weighted by molar-refractivity contribution is 6.34. The summed E-state index contributed by atoms with van der Waals surface area (Å²) < 4.78 is 15.3. The summed E-state index contributed by atoms with van der Waals surface area (Å²) in [6.45, 7) is 6.45. The highest BCUT2D eigenvalue weighted by Gasteiger charge is 2.70. The molecular formula is C25H31ClN6O3. The molecule has 2 atom stereocenters. The molecule has 0 amide bonds. The van der Waals surface area contributed by atoms with Crippen LogP contribution in [0.15, 0.2) is 30.7 Å². The van der Waals surface area contributed by atoms with Gasteiger partial charge in [0, 0.05) is 57.9 Å². The molecule has 3 saturated carbocycles. The molecule has 2 saturated heterocycles. The molecule has 5 aliphatic rings. The normalized spacial score (nSPS) is 34.9. The number of aliphatic hydroxyl groups excluding tert-OH is 1. The molecule has 5 fully saturated rings. The van der Waals surface area contributed by atoms with Gasteiger partial charge in [0.1, 0.15) is 5.69 Å². The predicted molar refractivity (Wildman–Crippen MR) is 132 cm³/mol. The van der Waals surface area contributed by atoms with Crippen LogP contribution in [0.25, 0.3) is 16.6 Å². The number of halogens is 1. The van der Waals surface area contributed by atoms with Crippen LogP contribution in [0, 0.1) is 0 Å². The Morgan fingerprint density at radius 1 is 1.11 bits per heavy atom. The lowest BCUT2D eigenvalue weighted by Gasteiger charge is -2.68. The van der Waals surface area contributed by atoms with Crippen LogP contribution < -0.4 is 4.90 Å². The highest BCUT2D eigenvalue weighted by atomic mass is 35.5. The van der Waals surface area contributed by atoms with Gasteiger partial charge in [0.2, 0.25) is 0 Å². The van der Waals surface area contributed by atoms with Gasteiger partial charge >= 0.3 is 0 Å². The third-order valence-corrected chi connectivity index (χ3v) is 9.36. The molecule has 1 unspecified atom stereocenters. The van der Waals surface area contributed by atoms with Gasteiger partial charge in [0.25, 0.3) is 0 Å². The van der Waals surface area contributed by atoms with E-state index in [1.807, 2.05) is 30.3 Å². The maximum absolute atomic E-state index is 10.4. The second-order valence-corrected chi connectivity index (χ2v) is 11.5. The summed E-state index contributed by atoms with van der Waals surface area (Å²) in [5.74, 6) is 0. The first-order chi connectivity index (χ1) is 16.8. The Kier molecular flexibility index (Phi) is 4.68. The number of rotatable bonds is 5. The van der Waals surface area contributed by atoms with E-state index in [4.69, 9.17) is 26.2 Å². The van der Waals surface area contributed by atoms with Gasteiger partial charge < -0.3 is 19.5 Å². The van der Waals surface area contributed by atoms with Crippen molar-refractivity contribution in [2.75, 3.05) is 51.4 Å². The maximum atomic E-state index is 10.4. The summed E-state index contributed by atoms with van der Waals surface area (Å²) in [5.41, 5.74) is 2.87. The van der Waals surface area contributed by atoms with Crippen LogP contribution in [-0.4, -0.2) is 93.3 Å². The first kappa shape index (κ1) is 22.1. The SMILES string of the molecule is COC12CC(n3cc(-n4ncc5cc(Cl)c(N6CCN(C7(C)COC[C@@H]7O)CC6)cc54)cn3)(C1)C2. The third kappa shape index (κ3) is 3.08. The van der Waals surface area contributed by atoms with Crippen molar-refractivity contribution < 1.29 is 14.6 Å². The molecule has 2 bridgehead atoms. The van der Waals surface area contributed by atoms with Crippen molar-refractivity contribution >= 4 is 28.2 Å². The topological polar surface area (TPSA) is 80.8 Å². The quantitative estimate of drug-likeness (QED) is 0.578. The zero-order chi connectivity index (χ0) is 24.0. The molecule has 0 radical (unpaired) electrons. The van der Waals surface area contributed by atoms with E-state index in [0.29, 0.717) is 13.2 Å². The summed E-state index contributed by atoms with van der Waals surface area (Å²) in [6, 6.07) is 4.15. The minimum atomic E-state index is -0.449. The van der Waals surface area contributed by atoms with Gasteiger partial charge in [-0.15, -0.1) is 0 Å². The number of hydrogen-bond donors (Lipinski definition) is 1. The van der Waals surface area contributed by atoms with E-state index in [1.54, 1.807) is 0 Å². The monoisotopic (exact) mass is 498 g/mol. The molecular weight excluding hydrogens is 468 g/mol. The molecule has 10 heteroatoms. The number of aliphatic hydroxyl groups is 1. The minimum Gasteiger partial charge on any atom is -0.389 e. The van der Waals surface area contributed by atoms with Crippen molar-refractivity contribution in [1.82, 2.24) is 24.5 Å². The highest BCUT2D eigenvalue weighted by Crippen LogP contribution is 2.66. The lowest BCUT2D eigenvalue weighted by molar-refractivity contribution is -0.265. The van der Waals surface area contributed by atoms with E-state index in [9.17, 15) is 5.11 Å². The average molecular weight is 499 g/mol. The molecule has 8 rings (SSSR count). The zero-order valence-corrected chi connectivity index (χ0v) is 20.9. The zero-order valence-electron chi connectivity index (χ0n) is 20.2. The standard InChI is InChI=1S/C25H31ClN6O3/c1-23(16-35-12-22(23)33)30-5-3-29(4-6-30)21-8-20-17(7-19(21)26)9-28-32(20)18-10-27-31(11-18)24-13-25(14-24,15-24)34-2/h7-11,22,33H,3-6,12-16H2,1-2H3/t22-,23?,24?,25?/m0/s1. The van der Waals surface area contributed by atoms with Gasteiger partial charge in [0.15, 0.2) is 0 Å². The molecule has 1 N–H and O–H groups in total. The van der Waals surface area contributed by atoms with Gasteiger partial charge in [-0.1, -0.05) is 11.6 Å². The Labute approximate surface area is 209 Å². The number of hydrogen-bond acceptors (Lipinski definition) is 7. The van der Waals surface area contributed by atoms with Gasteiger partial charge in [0.05, 0.1) is 70.8 Å². The fourth-order valence-corrected chi connectivity index (χ4v) is 6.97. The van der Waals surface area contributed by atoms with Crippen molar-refractivity contribution in [3.8, 4) is 5.69 Å². The fraction of sp³-hybridized carbons (Fsp3) is 0.600. The molecule has 35 heavy (non-hydrogen) atoms. The first-order valence-corrected chi connectivity index (χ1v) is 12.8. The number of piperazine rings is 1. The summed E-state index contributed by atoms with van der Waals surface area (Å²) >= 11 is 6.75. The van der Waals surface area contributed by atoms with Crippen LogP contribution in [0.4, 0.5) is 5.69 Å². The lowest BCUT2D eigenvalue weighted by atomic mass is 9.46. The second-order valence-electron chi connectivity index (χ2n) is 11.1. The summed E-state index contributed by atoms with van der Waals surface area (Å²) in [7, 11) is 1.81. The van der Waals surface area contributed by atoms with Crippen LogP contribution in [0.2, 0.25) is 5.02 Å². The average Bonchev–Trinajstić information content (AvgIpc) is 3.52. The van der Waals surface area contributed by atoms with E-state index in [-0.39, 0.29) is 16.7 Å². The van der Waals surface area contributed by atoms with E-state index in [0.717, 1.165) is 72.7 Å². The Morgan fingerprint density at radius 3 is 2.57 bits per heavy atom. The van der Waals surface area contributed by atoms with Crippen molar-refractivity contribution in [3.63, 3.8) is 0 Å². The number of benzene rings is 1. The Balaban J connectivity index is 1.13. The molecule has 4 heterocycles. The predicted octanol–water partition coefficient (Wildman–Crippen LogP) is 2.43. The Morgan fingerprint density at radius 2 is 1.89 bits per heavy atom. The number of fused-ring (bicyclic) bond motifs is 1. The second kappa shape index (κ2) is 7.43. The number of nitrogens with zero attached hydrogens (tertiary/aromatic N) is 6. The summed E-state index contributed by atoms with van der Waals surface area (Å²) in [5, 5.41) is 21.5. The van der Waals surface area contributed by atoms with Crippen molar-refractivity contribution in [1.29, 1.82) is 0 Å². The van der Waals surface area contributed by atoms with E-state index < -0.39 is 6.10 Å². The van der Waals surface area contributed by atoms with Crippen molar-refractivity contribution in [3.05, 3.63) is 35.7 Å². The summed E-state index contributed by atoms with van der Waals surface area (Å²) in [4.78, 5) is 4.68. The van der Waals surface area contributed by atoms with Crippen molar-refractivity contribution in [2.45, 2.75) is 49.0 Å². The van der Waals surface area contributed by atoms with E-state index in [2.05, 4.69) is 38.8 Å². The fourth-order valence-electron chi connectivity index (χ4n) is 6.68. The van der Waals surface area contributed by atoms with E-state index in [1.165, 1.54) is 0 Å². The van der Waals surface area contributed by atoms with Crippen LogP contribution in [0.1, 0.15) is 26.2 Å². The van der Waals surface area contributed by atoms with Crippen LogP contribution in [-0.2, 0) is 15.0 Å². The Bertz CT molecular complexity index is 1280. The first-order valence-electron chi connectivity index (χ1n) is 12.4. The molecule has 0 spiro atoms. The molecule has 3 aromatic rings. The lowest BCUT2D eigenvalue weighted by Crippen LogP contribution is -2.73. The minimum absolute atomic E-state index is 0.0838. The van der Waals surface area contributed by atoms with Gasteiger partial charge in [-0.2, -0.15) is 10.2 Å². The maximum Gasteiger partial charge on any atom is 0.103 e. The van der Waals surface area contributed by atoms with E-state index >= 15 is 0 Å². The number of aromatic nitrogens is 4. The van der Waals surface area contributed by atoms with Crippen LogP contribution in [0.3, 0.4) is 0 Å². The van der Waals surface area contributed by atoms with Crippen LogP contribution >= 0.6 is 11.6 Å². The third-order valence-electron chi connectivity index (χ3n) is 9.05. The largest absolute Gasteiger partial charge is 0.389 e. The van der Waals surface area contributed by atoms with Gasteiger partial charge in [-0.25, -0.2) is 4.68 Å². The molecule has 9 nitrogen and oxygen atoms in total. The smallest absolute Gasteiger partial charge is 0.103 e.